The first-order valence-electron chi connectivity index (χ1n) is 6.64. The summed E-state index contributed by atoms with van der Waals surface area (Å²) in [6.07, 6.45) is 6.39. The predicted octanol–water partition coefficient (Wildman–Crippen LogP) is 2.50. The third-order valence-electron chi connectivity index (χ3n) is 3.46. The molecule has 1 fully saturated rings. The Morgan fingerprint density at radius 2 is 2.19 bits per heavy atom. The standard InChI is InChI=1S/C13H25NO2/c1-3-11(4-2)10-14-13(15)8-7-12-6-5-9-16-12/h11-12H,3-10H2,1-2H3,(H,14,15). The molecule has 0 aromatic heterocycles. The lowest BCUT2D eigenvalue weighted by Gasteiger charge is -2.14. The van der Waals surface area contributed by atoms with Crippen LogP contribution in [0.3, 0.4) is 0 Å². The van der Waals surface area contributed by atoms with Gasteiger partial charge in [-0.3, -0.25) is 4.79 Å². The van der Waals surface area contributed by atoms with Gasteiger partial charge in [-0.15, -0.1) is 0 Å². The van der Waals surface area contributed by atoms with E-state index < -0.39 is 0 Å². The average Bonchev–Trinajstić information content (AvgIpc) is 2.80. The number of carbonyl (C=O) groups is 1. The van der Waals surface area contributed by atoms with E-state index in [4.69, 9.17) is 4.74 Å². The summed E-state index contributed by atoms with van der Waals surface area (Å²) in [5.74, 6) is 0.814. The molecule has 1 aliphatic rings. The maximum atomic E-state index is 11.6. The highest BCUT2D eigenvalue weighted by molar-refractivity contribution is 5.75. The van der Waals surface area contributed by atoms with E-state index in [9.17, 15) is 4.79 Å². The van der Waals surface area contributed by atoms with Gasteiger partial charge in [0.25, 0.3) is 0 Å². The summed E-state index contributed by atoms with van der Waals surface area (Å²) in [4.78, 5) is 11.6. The van der Waals surface area contributed by atoms with Gasteiger partial charge in [-0.1, -0.05) is 26.7 Å². The molecule has 1 aliphatic heterocycles. The molecule has 0 bridgehead atoms. The Hall–Kier alpha value is -0.570. The molecule has 1 heterocycles. The first kappa shape index (κ1) is 13.5. The van der Waals surface area contributed by atoms with Crippen molar-refractivity contribution in [1.29, 1.82) is 0 Å². The lowest BCUT2D eigenvalue weighted by Crippen LogP contribution is -2.29. The highest BCUT2D eigenvalue weighted by Crippen LogP contribution is 2.16. The first-order chi connectivity index (χ1) is 7.76. The van der Waals surface area contributed by atoms with Crippen molar-refractivity contribution in [2.45, 2.75) is 58.5 Å². The number of hydrogen-bond acceptors (Lipinski definition) is 2. The van der Waals surface area contributed by atoms with Crippen LogP contribution in [0.2, 0.25) is 0 Å². The van der Waals surface area contributed by atoms with Gasteiger partial charge in [0.2, 0.25) is 5.91 Å². The SMILES string of the molecule is CCC(CC)CNC(=O)CCC1CCCO1. The molecule has 1 N–H and O–H groups in total. The van der Waals surface area contributed by atoms with Gasteiger partial charge in [0.1, 0.15) is 0 Å². The van der Waals surface area contributed by atoms with Gasteiger partial charge in [-0.2, -0.15) is 0 Å². The predicted molar refractivity (Wildman–Crippen MR) is 65.3 cm³/mol. The van der Waals surface area contributed by atoms with Crippen molar-refractivity contribution < 1.29 is 9.53 Å². The fourth-order valence-corrected chi connectivity index (χ4v) is 2.09. The van der Waals surface area contributed by atoms with Crippen LogP contribution in [0.15, 0.2) is 0 Å². The average molecular weight is 227 g/mol. The van der Waals surface area contributed by atoms with Crippen molar-refractivity contribution in [3.63, 3.8) is 0 Å². The highest BCUT2D eigenvalue weighted by Gasteiger charge is 2.16. The molecule has 94 valence electrons. The van der Waals surface area contributed by atoms with Gasteiger partial charge < -0.3 is 10.1 Å². The van der Waals surface area contributed by atoms with Gasteiger partial charge in [0.15, 0.2) is 0 Å². The van der Waals surface area contributed by atoms with Crippen molar-refractivity contribution in [3.05, 3.63) is 0 Å². The van der Waals surface area contributed by atoms with Crippen LogP contribution in [0.25, 0.3) is 0 Å². The van der Waals surface area contributed by atoms with E-state index in [1.54, 1.807) is 0 Å². The Morgan fingerprint density at radius 3 is 2.75 bits per heavy atom. The van der Waals surface area contributed by atoms with Crippen LogP contribution in [0.5, 0.6) is 0 Å². The van der Waals surface area contributed by atoms with Crippen LogP contribution in [-0.2, 0) is 9.53 Å². The van der Waals surface area contributed by atoms with Gasteiger partial charge in [0.05, 0.1) is 6.10 Å². The summed E-state index contributed by atoms with van der Waals surface area (Å²) >= 11 is 0. The van der Waals surface area contributed by atoms with Crippen molar-refractivity contribution in [2.75, 3.05) is 13.2 Å². The molecule has 1 saturated heterocycles. The van der Waals surface area contributed by atoms with Crippen LogP contribution in [0.1, 0.15) is 52.4 Å². The van der Waals surface area contributed by atoms with Gasteiger partial charge in [-0.05, 0) is 25.2 Å². The number of rotatable bonds is 7. The Labute approximate surface area is 98.9 Å². The van der Waals surface area contributed by atoms with E-state index in [2.05, 4.69) is 19.2 Å². The molecule has 0 aromatic carbocycles. The van der Waals surface area contributed by atoms with Crippen molar-refractivity contribution in [2.24, 2.45) is 5.92 Å². The topological polar surface area (TPSA) is 38.3 Å². The summed E-state index contributed by atoms with van der Waals surface area (Å²) in [5, 5.41) is 3.01. The Bertz CT molecular complexity index is 188. The number of ether oxygens (including phenoxy) is 1. The Balaban J connectivity index is 2.05. The monoisotopic (exact) mass is 227 g/mol. The second kappa shape index (κ2) is 7.66. The van der Waals surface area contributed by atoms with Crippen molar-refractivity contribution >= 4 is 5.91 Å². The van der Waals surface area contributed by atoms with Gasteiger partial charge >= 0.3 is 0 Å². The van der Waals surface area contributed by atoms with Gasteiger partial charge in [0, 0.05) is 19.6 Å². The molecule has 3 nitrogen and oxygen atoms in total. The largest absolute Gasteiger partial charge is 0.378 e. The zero-order chi connectivity index (χ0) is 11.8. The zero-order valence-electron chi connectivity index (χ0n) is 10.6. The highest BCUT2D eigenvalue weighted by atomic mass is 16.5. The maximum Gasteiger partial charge on any atom is 0.220 e. The van der Waals surface area contributed by atoms with Gasteiger partial charge in [-0.25, -0.2) is 0 Å². The minimum absolute atomic E-state index is 0.183. The molecule has 0 spiro atoms. The molecule has 3 heteroatoms. The van der Waals surface area contributed by atoms with Crippen LogP contribution in [0, 0.1) is 5.92 Å². The summed E-state index contributed by atoms with van der Waals surface area (Å²) in [5.41, 5.74) is 0. The van der Waals surface area contributed by atoms with E-state index >= 15 is 0 Å². The molecule has 0 saturated carbocycles. The molecular weight excluding hydrogens is 202 g/mol. The molecule has 1 atom stereocenters. The number of amides is 1. The Morgan fingerprint density at radius 1 is 1.44 bits per heavy atom. The van der Waals surface area contributed by atoms with Crippen molar-refractivity contribution in [1.82, 2.24) is 5.32 Å². The third-order valence-corrected chi connectivity index (χ3v) is 3.46. The second-order valence-corrected chi connectivity index (χ2v) is 4.66. The number of hydrogen-bond donors (Lipinski definition) is 1. The van der Waals surface area contributed by atoms with E-state index in [0.29, 0.717) is 18.4 Å². The van der Waals surface area contributed by atoms with Crippen molar-refractivity contribution in [3.8, 4) is 0 Å². The second-order valence-electron chi connectivity index (χ2n) is 4.66. The van der Waals surface area contributed by atoms with E-state index in [0.717, 1.165) is 45.3 Å². The normalized spacial score (nSPS) is 20.3. The molecule has 0 aliphatic carbocycles. The van der Waals surface area contributed by atoms with E-state index in [1.165, 1.54) is 0 Å². The first-order valence-corrected chi connectivity index (χ1v) is 6.64. The summed E-state index contributed by atoms with van der Waals surface area (Å²) in [6.45, 7) is 6.05. The molecular formula is C13H25NO2. The molecule has 1 unspecified atom stereocenters. The minimum Gasteiger partial charge on any atom is -0.378 e. The molecule has 0 radical (unpaired) electrons. The third kappa shape index (κ3) is 4.97. The lowest BCUT2D eigenvalue weighted by molar-refractivity contribution is -0.121. The molecule has 1 amide bonds. The van der Waals surface area contributed by atoms with Crippen LogP contribution >= 0.6 is 0 Å². The molecule has 1 rings (SSSR count). The smallest absolute Gasteiger partial charge is 0.220 e. The summed E-state index contributed by atoms with van der Waals surface area (Å²) in [7, 11) is 0. The fourth-order valence-electron chi connectivity index (χ4n) is 2.09. The van der Waals surface area contributed by atoms with Crippen LogP contribution in [0.4, 0.5) is 0 Å². The van der Waals surface area contributed by atoms with Crippen LogP contribution < -0.4 is 5.32 Å². The maximum absolute atomic E-state index is 11.6. The fraction of sp³-hybridized carbons (Fsp3) is 0.923. The molecule has 0 aromatic rings. The molecule has 16 heavy (non-hydrogen) atoms. The quantitative estimate of drug-likeness (QED) is 0.725. The zero-order valence-corrected chi connectivity index (χ0v) is 10.6. The number of carbonyl (C=O) groups excluding carboxylic acids is 1. The minimum atomic E-state index is 0.183. The van der Waals surface area contributed by atoms with E-state index in [-0.39, 0.29) is 5.91 Å². The van der Waals surface area contributed by atoms with Crippen LogP contribution in [-0.4, -0.2) is 25.2 Å². The Kier molecular flexibility index (Phi) is 6.46. The summed E-state index contributed by atoms with van der Waals surface area (Å²) in [6, 6.07) is 0. The van der Waals surface area contributed by atoms with E-state index in [1.807, 2.05) is 0 Å². The summed E-state index contributed by atoms with van der Waals surface area (Å²) < 4.78 is 5.49. The lowest BCUT2D eigenvalue weighted by atomic mass is 10.0. The number of nitrogens with one attached hydrogen (secondary N) is 1.